The third-order valence-corrected chi connectivity index (χ3v) is 2.87. The van der Waals surface area contributed by atoms with Crippen molar-refractivity contribution in [3.05, 3.63) is 0 Å². The maximum atomic E-state index is 12.8. The first-order valence-electron chi connectivity index (χ1n) is 9.79. The van der Waals surface area contributed by atoms with Gasteiger partial charge in [-0.1, -0.05) is 0 Å². The number of ether oxygens (including phenoxy) is 3. The lowest BCUT2D eigenvalue weighted by atomic mass is 10.1. The van der Waals surface area contributed by atoms with Crippen LogP contribution in [0.4, 0.5) is 9.59 Å². The lowest BCUT2D eigenvalue weighted by Gasteiger charge is -2.33. The third-order valence-electron chi connectivity index (χ3n) is 2.87. The highest BCUT2D eigenvalue weighted by Crippen LogP contribution is 2.22. The predicted molar refractivity (Wildman–Crippen MR) is 104 cm³/mol. The van der Waals surface area contributed by atoms with Crippen LogP contribution in [0, 0.1) is 0 Å². The largest absolute Gasteiger partial charge is 0.458 e. The quantitative estimate of drug-likeness (QED) is 0.372. The Labute approximate surface area is 169 Å². The van der Waals surface area contributed by atoms with Gasteiger partial charge in [0.1, 0.15) is 29.1 Å². The molecule has 0 bridgehead atoms. The number of hydrogen-bond acceptors (Lipinski definition) is 7. The van der Waals surface area contributed by atoms with E-state index in [1.54, 1.807) is 62.3 Å². The zero-order valence-corrected chi connectivity index (χ0v) is 18.5. The third kappa shape index (κ3) is 10.9. The van der Waals surface area contributed by atoms with Gasteiger partial charge in [0.05, 0.1) is 0 Å². The molecular formula is C20H35NO7. The number of imide groups is 1. The van der Waals surface area contributed by atoms with Crippen LogP contribution in [0.2, 0.25) is 0 Å². The molecule has 0 aromatic carbocycles. The van der Waals surface area contributed by atoms with E-state index in [2.05, 4.69) is 0 Å². The summed E-state index contributed by atoms with van der Waals surface area (Å²) in [7, 11) is 0. The average Bonchev–Trinajstić information content (AvgIpc) is 2.44. The summed E-state index contributed by atoms with van der Waals surface area (Å²) in [6.45, 7) is 14.6. The Balaban J connectivity index is 6.05. The number of rotatable bonds is 6. The van der Waals surface area contributed by atoms with Crippen molar-refractivity contribution in [3.8, 4) is 0 Å². The molecule has 0 aromatic rings. The van der Waals surface area contributed by atoms with Crippen LogP contribution in [0.3, 0.4) is 0 Å². The van der Waals surface area contributed by atoms with Crippen molar-refractivity contribution in [2.24, 2.45) is 0 Å². The van der Waals surface area contributed by atoms with Crippen LogP contribution in [0.25, 0.3) is 0 Å². The Kier molecular flexibility index (Phi) is 8.45. The number of carbonyl (C=O) groups excluding carboxylic acids is 4. The summed E-state index contributed by atoms with van der Waals surface area (Å²) in [5, 5.41) is 0. The summed E-state index contributed by atoms with van der Waals surface area (Å²) in [5.74, 6) is -0.854. The molecule has 0 fully saturated rings. The lowest BCUT2D eigenvalue weighted by molar-refractivity contribution is -0.161. The topological polar surface area (TPSA) is 99.2 Å². The van der Waals surface area contributed by atoms with Crippen molar-refractivity contribution in [3.63, 3.8) is 0 Å². The van der Waals surface area contributed by atoms with Gasteiger partial charge >= 0.3 is 18.2 Å². The molecule has 0 saturated heterocycles. The molecule has 0 N–H and O–H groups in total. The Hall–Kier alpha value is -2.12. The average molecular weight is 403 g/mol. The fourth-order valence-electron chi connectivity index (χ4n) is 2.00. The van der Waals surface area contributed by atoms with Gasteiger partial charge in [0.15, 0.2) is 0 Å². The van der Waals surface area contributed by atoms with Crippen molar-refractivity contribution in [2.75, 3.05) is 0 Å². The number of hydrogen-bond donors (Lipinski definition) is 0. The number of amides is 2. The van der Waals surface area contributed by atoms with Gasteiger partial charge in [-0.05, 0) is 75.2 Å². The summed E-state index contributed by atoms with van der Waals surface area (Å²) in [6.07, 6.45) is -3.06. The highest BCUT2D eigenvalue weighted by atomic mass is 16.6. The number of esters is 1. The fraction of sp³-hybridized carbons (Fsp3) is 0.800. The second kappa shape index (κ2) is 9.89. The molecule has 0 aliphatic rings. The van der Waals surface area contributed by atoms with Crippen LogP contribution >= 0.6 is 0 Å². The second-order valence-electron chi connectivity index (χ2n) is 9.33. The molecule has 0 spiro atoms. The Morgan fingerprint density at radius 2 is 1.25 bits per heavy atom. The first-order valence-corrected chi connectivity index (χ1v) is 9.22. The van der Waals surface area contributed by atoms with Gasteiger partial charge in [-0.15, -0.1) is 0 Å². The van der Waals surface area contributed by atoms with E-state index >= 15 is 0 Å². The molecule has 0 aromatic heterocycles. The summed E-state index contributed by atoms with van der Waals surface area (Å²) in [5.41, 5.74) is -2.75. The summed E-state index contributed by atoms with van der Waals surface area (Å²) >= 11 is 0. The highest BCUT2D eigenvalue weighted by Gasteiger charge is 2.41. The maximum Gasteiger partial charge on any atom is 0.420 e. The van der Waals surface area contributed by atoms with Gasteiger partial charge in [0, 0.05) is 7.77 Å². The molecule has 1 unspecified atom stereocenters. The molecule has 0 saturated carbocycles. The van der Waals surface area contributed by atoms with Crippen molar-refractivity contribution in [2.45, 2.75) is 104 Å². The van der Waals surface area contributed by atoms with Gasteiger partial charge < -0.3 is 19.0 Å². The zero-order chi connectivity index (χ0) is 23.2. The zero-order valence-electron chi connectivity index (χ0n) is 19.5. The van der Waals surface area contributed by atoms with E-state index in [-0.39, 0.29) is 12.8 Å². The summed E-state index contributed by atoms with van der Waals surface area (Å²) < 4.78 is 23.6. The molecule has 0 radical (unpaired) electrons. The minimum atomic E-state index is -1.41. The SMILES string of the molecule is [2H]C(C=O)CC[C@@H](C(=O)OC(C)(C)C)N(C(=O)OC(C)(C)C)C(=O)OC(C)(C)C. The van der Waals surface area contributed by atoms with Gasteiger partial charge in [-0.2, -0.15) is 4.90 Å². The van der Waals surface area contributed by atoms with Gasteiger partial charge in [-0.25, -0.2) is 14.4 Å². The monoisotopic (exact) mass is 402 g/mol. The van der Waals surface area contributed by atoms with Gasteiger partial charge in [-0.3, -0.25) is 0 Å². The molecule has 8 nitrogen and oxygen atoms in total. The van der Waals surface area contributed by atoms with Crippen LogP contribution in [0.5, 0.6) is 0 Å². The van der Waals surface area contributed by atoms with E-state index in [1.165, 1.54) is 0 Å². The van der Waals surface area contributed by atoms with Crippen LogP contribution in [0.15, 0.2) is 0 Å². The van der Waals surface area contributed by atoms with Crippen molar-refractivity contribution < 1.29 is 34.8 Å². The Bertz CT molecular complexity index is 571. The summed E-state index contributed by atoms with van der Waals surface area (Å²) in [4.78, 5) is 49.8. The fourth-order valence-corrected chi connectivity index (χ4v) is 2.00. The normalized spacial score (nSPS) is 15.0. The van der Waals surface area contributed by atoms with E-state index < -0.39 is 47.4 Å². The molecule has 2 amide bonds. The van der Waals surface area contributed by atoms with Crippen LogP contribution < -0.4 is 0 Å². The molecule has 8 heteroatoms. The van der Waals surface area contributed by atoms with Crippen molar-refractivity contribution in [1.82, 2.24) is 4.90 Å². The van der Waals surface area contributed by atoms with Gasteiger partial charge in [0.2, 0.25) is 0 Å². The molecule has 0 aliphatic carbocycles. The van der Waals surface area contributed by atoms with Crippen molar-refractivity contribution in [1.29, 1.82) is 0 Å². The predicted octanol–water partition coefficient (Wildman–Crippen LogP) is 4.24. The standard InChI is InChI=1S/C20H35NO7/c1-18(2,3)26-15(23)14(12-10-11-13-22)21(16(24)27-19(4,5)6)17(25)28-20(7,8)9/h13-14H,10-12H2,1-9H3/t14-/m0/s1/i11D/t11?,14-. The molecule has 162 valence electrons. The van der Waals surface area contributed by atoms with Crippen LogP contribution in [0.1, 0.15) is 82.9 Å². The molecule has 0 rings (SSSR count). The smallest absolute Gasteiger partial charge is 0.420 e. The minimum absolute atomic E-state index is 0.0600. The Morgan fingerprint density at radius 3 is 1.57 bits per heavy atom. The Morgan fingerprint density at radius 1 is 0.857 bits per heavy atom. The minimum Gasteiger partial charge on any atom is -0.458 e. The lowest BCUT2D eigenvalue weighted by Crippen LogP contribution is -2.53. The second-order valence-corrected chi connectivity index (χ2v) is 9.33. The molecule has 28 heavy (non-hydrogen) atoms. The number of nitrogens with zero attached hydrogens (tertiary/aromatic N) is 1. The van der Waals surface area contributed by atoms with Crippen molar-refractivity contribution >= 4 is 24.4 Å². The first-order chi connectivity index (χ1) is 12.9. The maximum absolute atomic E-state index is 12.8. The van der Waals surface area contributed by atoms with E-state index in [0.717, 1.165) is 0 Å². The highest BCUT2D eigenvalue weighted by molar-refractivity contribution is 5.94. The molecule has 2 atom stereocenters. The van der Waals surface area contributed by atoms with E-state index in [9.17, 15) is 19.2 Å². The van der Waals surface area contributed by atoms with Crippen LogP contribution in [-0.2, 0) is 23.8 Å². The van der Waals surface area contributed by atoms with E-state index in [0.29, 0.717) is 11.2 Å². The van der Waals surface area contributed by atoms with Gasteiger partial charge in [0.25, 0.3) is 0 Å². The summed E-state index contributed by atoms with van der Waals surface area (Å²) in [6, 6.07) is -1.41. The van der Waals surface area contributed by atoms with E-state index in [4.69, 9.17) is 15.6 Å². The van der Waals surface area contributed by atoms with Crippen LogP contribution in [-0.4, -0.2) is 52.2 Å². The number of aldehydes is 1. The molecule has 0 aliphatic heterocycles. The van der Waals surface area contributed by atoms with E-state index in [1.807, 2.05) is 0 Å². The number of carbonyl (C=O) groups is 4. The molecule has 0 heterocycles. The molecular weight excluding hydrogens is 366 g/mol. The first kappa shape index (κ1) is 23.9.